The SMILES string of the molecule is CCC[C@H](C)C[Si](C)(C)CCC. The van der Waals surface area contributed by atoms with Crippen molar-refractivity contribution in [1.82, 2.24) is 0 Å². The molecule has 0 aromatic rings. The average Bonchev–Trinajstić information content (AvgIpc) is 1.85. The van der Waals surface area contributed by atoms with Crippen molar-refractivity contribution in [2.24, 2.45) is 5.92 Å². The normalized spacial score (nSPS) is 14.8. The molecule has 0 spiro atoms. The summed E-state index contributed by atoms with van der Waals surface area (Å²) >= 11 is 0. The van der Waals surface area contributed by atoms with E-state index in [0.29, 0.717) is 0 Å². The summed E-state index contributed by atoms with van der Waals surface area (Å²) in [4.78, 5) is 0. The van der Waals surface area contributed by atoms with Gasteiger partial charge in [-0.25, -0.2) is 0 Å². The standard InChI is InChI=1S/C11H26Si/c1-6-8-11(3)10-12(4,5)9-7-2/h11H,6-10H2,1-5H3/t11-/m0/s1. The Labute approximate surface area is 79.8 Å². The molecule has 0 saturated heterocycles. The van der Waals surface area contributed by atoms with E-state index < -0.39 is 8.07 Å². The summed E-state index contributed by atoms with van der Waals surface area (Å²) in [6, 6.07) is 3.05. The van der Waals surface area contributed by atoms with Gasteiger partial charge in [0.2, 0.25) is 0 Å². The van der Waals surface area contributed by atoms with Gasteiger partial charge in [0.25, 0.3) is 0 Å². The maximum absolute atomic E-state index is 2.54. The van der Waals surface area contributed by atoms with Gasteiger partial charge in [-0.3, -0.25) is 0 Å². The van der Waals surface area contributed by atoms with Crippen molar-refractivity contribution in [1.29, 1.82) is 0 Å². The Morgan fingerprint density at radius 1 is 1.08 bits per heavy atom. The molecule has 0 aromatic carbocycles. The van der Waals surface area contributed by atoms with E-state index in [1.165, 1.54) is 31.4 Å². The number of rotatable bonds is 6. The van der Waals surface area contributed by atoms with Gasteiger partial charge in [0, 0.05) is 8.07 Å². The third kappa shape index (κ3) is 5.82. The Kier molecular flexibility index (Phi) is 5.90. The van der Waals surface area contributed by atoms with Crippen LogP contribution < -0.4 is 0 Å². The van der Waals surface area contributed by atoms with Crippen molar-refractivity contribution >= 4 is 8.07 Å². The Morgan fingerprint density at radius 3 is 2.08 bits per heavy atom. The van der Waals surface area contributed by atoms with Gasteiger partial charge >= 0.3 is 0 Å². The van der Waals surface area contributed by atoms with E-state index in [-0.39, 0.29) is 0 Å². The summed E-state index contributed by atoms with van der Waals surface area (Å²) in [6.07, 6.45) is 4.18. The van der Waals surface area contributed by atoms with Crippen molar-refractivity contribution in [3.8, 4) is 0 Å². The van der Waals surface area contributed by atoms with Crippen molar-refractivity contribution in [2.45, 2.75) is 65.2 Å². The van der Waals surface area contributed by atoms with Gasteiger partial charge in [-0.1, -0.05) is 65.2 Å². The Hall–Kier alpha value is 0.217. The number of hydrogen-bond donors (Lipinski definition) is 0. The smallest absolute Gasteiger partial charge is 0.0476 e. The second kappa shape index (κ2) is 5.79. The Bertz CT molecular complexity index is 108. The van der Waals surface area contributed by atoms with E-state index in [2.05, 4.69) is 33.9 Å². The summed E-state index contributed by atoms with van der Waals surface area (Å²) in [7, 11) is -0.804. The molecule has 0 fully saturated rings. The molecule has 0 aromatic heterocycles. The molecule has 0 amide bonds. The summed E-state index contributed by atoms with van der Waals surface area (Å²) in [5, 5.41) is 0. The van der Waals surface area contributed by atoms with Crippen LogP contribution in [0.5, 0.6) is 0 Å². The molecule has 12 heavy (non-hydrogen) atoms. The van der Waals surface area contributed by atoms with Crippen molar-refractivity contribution < 1.29 is 0 Å². The molecule has 0 aliphatic heterocycles. The third-order valence-corrected chi connectivity index (χ3v) is 6.26. The molecule has 0 aliphatic rings. The first-order chi connectivity index (χ1) is 5.52. The van der Waals surface area contributed by atoms with Crippen LogP contribution in [0.25, 0.3) is 0 Å². The lowest BCUT2D eigenvalue weighted by Gasteiger charge is -2.25. The Balaban J connectivity index is 3.70. The highest BCUT2D eigenvalue weighted by Crippen LogP contribution is 2.24. The fraction of sp³-hybridized carbons (Fsp3) is 1.00. The van der Waals surface area contributed by atoms with E-state index in [9.17, 15) is 0 Å². The van der Waals surface area contributed by atoms with Crippen molar-refractivity contribution in [3.63, 3.8) is 0 Å². The highest BCUT2D eigenvalue weighted by molar-refractivity contribution is 6.77. The fourth-order valence-corrected chi connectivity index (χ4v) is 5.97. The predicted octanol–water partition coefficient (Wildman–Crippen LogP) is 4.54. The van der Waals surface area contributed by atoms with E-state index in [0.717, 1.165) is 5.92 Å². The molecule has 0 nitrogen and oxygen atoms in total. The van der Waals surface area contributed by atoms with Crippen LogP contribution in [-0.2, 0) is 0 Å². The first-order valence-electron chi connectivity index (χ1n) is 5.52. The van der Waals surface area contributed by atoms with E-state index >= 15 is 0 Å². The average molecular weight is 186 g/mol. The summed E-state index contributed by atoms with van der Waals surface area (Å²) in [5.74, 6) is 0.975. The van der Waals surface area contributed by atoms with Crippen LogP contribution in [-0.4, -0.2) is 8.07 Å². The lowest BCUT2D eigenvalue weighted by molar-refractivity contribution is 0.566. The molecular formula is C11H26Si. The van der Waals surface area contributed by atoms with E-state index in [4.69, 9.17) is 0 Å². The summed E-state index contributed by atoms with van der Waals surface area (Å²) in [6.45, 7) is 12.1. The second-order valence-corrected chi connectivity index (χ2v) is 10.2. The lowest BCUT2D eigenvalue weighted by Crippen LogP contribution is -2.27. The minimum Gasteiger partial charge on any atom is -0.0693 e. The molecule has 1 atom stereocenters. The van der Waals surface area contributed by atoms with Crippen LogP contribution in [0.2, 0.25) is 25.2 Å². The third-order valence-electron chi connectivity index (χ3n) is 2.61. The number of hydrogen-bond acceptors (Lipinski definition) is 0. The molecule has 0 N–H and O–H groups in total. The van der Waals surface area contributed by atoms with Gasteiger partial charge < -0.3 is 0 Å². The molecule has 74 valence electrons. The van der Waals surface area contributed by atoms with Crippen LogP contribution in [0.15, 0.2) is 0 Å². The molecule has 0 saturated carbocycles. The quantitative estimate of drug-likeness (QED) is 0.534. The maximum atomic E-state index is 2.54. The minimum absolute atomic E-state index is 0.804. The van der Waals surface area contributed by atoms with Crippen LogP contribution >= 0.6 is 0 Å². The van der Waals surface area contributed by atoms with Crippen LogP contribution in [0.3, 0.4) is 0 Å². The molecule has 0 aliphatic carbocycles. The van der Waals surface area contributed by atoms with Crippen molar-refractivity contribution in [2.75, 3.05) is 0 Å². The van der Waals surface area contributed by atoms with E-state index in [1.807, 2.05) is 0 Å². The van der Waals surface area contributed by atoms with Crippen molar-refractivity contribution in [3.05, 3.63) is 0 Å². The zero-order chi connectivity index (χ0) is 9.61. The maximum Gasteiger partial charge on any atom is 0.0476 e. The predicted molar refractivity (Wildman–Crippen MR) is 61.5 cm³/mol. The van der Waals surface area contributed by atoms with Gasteiger partial charge in [0.05, 0.1) is 0 Å². The van der Waals surface area contributed by atoms with Gasteiger partial charge in [0.15, 0.2) is 0 Å². The molecule has 0 unspecified atom stereocenters. The van der Waals surface area contributed by atoms with Gasteiger partial charge in [-0.15, -0.1) is 0 Å². The monoisotopic (exact) mass is 186 g/mol. The zero-order valence-electron chi connectivity index (χ0n) is 9.61. The molecular weight excluding hydrogens is 160 g/mol. The van der Waals surface area contributed by atoms with Crippen LogP contribution in [0, 0.1) is 5.92 Å². The highest BCUT2D eigenvalue weighted by atomic mass is 28.3. The molecule has 1 heteroatoms. The minimum atomic E-state index is -0.804. The molecule has 0 bridgehead atoms. The molecule has 0 radical (unpaired) electrons. The molecule has 0 rings (SSSR count). The summed E-state index contributed by atoms with van der Waals surface area (Å²) < 4.78 is 0. The van der Waals surface area contributed by atoms with Gasteiger partial charge in [0.1, 0.15) is 0 Å². The largest absolute Gasteiger partial charge is 0.0693 e. The van der Waals surface area contributed by atoms with Crippen LogP contribution in [0.1, 0.15) is 40.0 Å². The fourth-order valence-electron chi connectivity index (χ4n) is 2.32. The highest BCUT2D eigenvalue weighted by Gasteiger charge is 2.21. The van der Waals surface area contributed by atoms with Crippen LogP contribution in [0.4, 0.5) is 0 Å². The zero-order valence-corrected chi connectivity index (χ0v) is 10.6. The first-order valence-corrected chi connectivity index (χ1v) is 8.93. The topological polar surface area (TPSA) is 0 Å². The van der Waals surface area contributed by atoms with Gasteiger partial charge in [-0.2, -0.15) is 0 Å². The second-order valence-electron chi connectivity index (χ2n) is 5.01. The van der Waals surface area contributed by atoms with Gasteiger partial charge in [-0.05, 0) is 5.92 Å². The molecule has 0 heterocycles. The lowest BCUT2D eigenvalue weighted by atomic mass is 10.1. The van der Waals surface area contributed by atoms with E-state index in [1.54, 1.807) is 0 Å². The Morgan fingerprint density at radius 2 is 1.67 bits per heavy atom. The summed E-state index contributed by atoms with van der Waals surface area (Å²) in [5.41, 5.74) is 0. The first kappa shape index (κ1) is 12.2.